The number of aliphatic hydroxyl groups is 2. The van der Waals surface area contributed by atoms with Gasteiger partial charge in [-0.15, -0.1) is 0 Å². The molecule has 7 atom stereocenters. The molecular formula is C37H47N3O12. The van der Waals surface area contributed by atoms with Crippen LogP contribution in [0, 0.1) is 0 Å². The van der Waals surface area contributed by atoms with Gasteiger partial charge >= 0.3 is 0 Å². The number of carbonyl (C=O) groups excluding carboxylic acids is 2. The molecule has 0 bridgehead atoms. The summed E-state index contributed by atoms with van der Waals surface area (Å²) in [6.45, 7) is 7.63. The maximum absolute atomic E-state index is 14.1. The molecule has 0 amide bonds. The van der Waals surface area contributed by atoms with Crippen LogP contribution in [0.2, 0.25) is 0 Å². The first-order valence-electron chi connectivity index (χ1n) is 17.8. The molecule has 2 aliphatic carbocycles. The van der Waals surface area contributed by atoms with Crippen molar-refractivity contribution in [2.45, 2.75) is 88.5 Å². The van der Waals surface area contributed by atoms with E-state index in [1.165, 1.54) is 19.2 Å². The van der Waals surface area contributed by atoms with E-state index in [4.69, 9.17) is 28.5 Å². The lowest BCUT2D eigenvalue weighted by Crippen LogP contribution is -2.53. The van der Waals surface area contributed by atoms with Crippen LogP contribution in [0.5, 0.6) is 17.2 Å². The topological polar surface area (TPSA) is 189 Å². The molecule has 3 aliphatic heterocycles. The molecule has 3 heterocycles. The number of methoxy groups -OCH3 is 1. The molecule has 52 heavy (non-hydrogen) atoms. The zero-order valence-corrected chi connectivity index (χ0v) is 30.0. The third-order valence-corrected chi connectivity index (χ3v) is 11.2. The van der Waals surface area contributed by atoms with Crippen molar-refractivity contribution in [1.82, 2.24) is 9.80 Å². The summed E-state index contributed by atoms with van der Waals surface area (Å²) in [5.41, 5.74) is -2.91. The number of aromatic hydroxyl groups is 2. The van der Waals surface area contributed by atoms with E-state index >= 15 is 0 Å². The highest BCUT2D eigenvalue weighted by Crippen LogP contribution is 2.53. The molecule has 7 rings (SSSR count). The average Bonchev–Trinajstić information content (AvgIpc) is 3.50. The predicted molar refractivity (Wildman–Crippen MR) is 184 cm³/mol. The van der Waals surface area contributed by atoms with E-state index in [1.54, 1.807) is 6.07 Å². The fraction of sp³-hybridized carbons (Fsp3) is 0.595. The number of oxime groups is 1. The Morgan fingerprint density at radius 3 is 2.63 bits per heavy atom. The highest BCUT2D eigenvalue weighted by atomic mass is 16.7. The van der Waals surface area contributed by atoms with Crippen LogP contribution in [0.3, 0.4) is 0 Å². The summed E-state index contributed by atoms with van der Waals surface area (Å²) in [7, 11) is 3.30. The lowest BCUT2D eigenvalue weighted by Gasteiger charge is -2.43. The number of hydrogen-bond donors (Lipinski definition) is 4. The predicted octanol–water partition coefficient (Wildman–Crippen LogP) is 1.88. The number of ether oxygens (including phenoxy) is 5. The summed E-state index contributed by atoms with van der Waals surface area (Å²) in [6, 6.07) is 4.74. The fourth-order valence-corrected chi connectivity index (χ4v) is 8.17. The van der Waals surface area contributed by atoms with E-state index in [9.17, 15) is 30.0 Å². The Hall–Kier alpha value is -3.67. The first kappa shape index (κ1) is 36.7. The number of morpholine rings is 1. The maximum atomic E-state index is 14.1. The van der Waals surface area contributed by atoms with Crippen LogP contribution >= 0.6 is 0 Å². The molecule has 3 saturated heterocycles. The molecule has 282 valence electrons. The highest BCUT2D eigenvalue weighted by Gasteiger charge is 2.53. The monoisotopic (exact) mass is 725 g/mol. The lowest BCUT2D eigenvalue weighted by atomic mass is 9.71. The van der Waals surface area contributed by atoms with Crippen LogP contribution in [0.4, 0.5) is 0 Å². The number of hydrogen-bond acceptors (Lipinski definition) is 15. The van der Waals surface area contributed by atoms with Crippen molar-refractivity contribution < 1.29 is 58.5 Å². The fourth-order valence-electron chi connectivity index (χ4n) is 8.17. The van der Waals surface area contributed by atoms with Crippen molar-refractivity contribution in [3.05, 3.63) is 51.6 Å². The number of phenols is 2. The van der Waals surface area contributed by atoms with Crippen LogP contribution in [0.15, 0.2) is 23.4 Å². The minimum absolute atomic E-state index is 0.00194. The van der Waals surface area contributed by atoms with Crippen molar-refractivity contribution in [2.24, 2.45) is 5.16 Å². The van der Waals surface area contributed by atoms with Crippen LogP contribution in [-0.2, 0) is 30.2 Å². The first-order chi connectivity index (χ1) is 24.9. The summed E-state index contributed by atoms with van der Waals surface area (Å²) < 4.78 is 30.2. The minimum atomic E-state index is -1.97. The van der Waals surface area contributed by atoms with Gasteiger partial charge in [-0.1, -0.05) is 17.3 Å². The summed E-state index contributed by atoms with van der Waals surface area (Å²) in [5, 5.41) is 50.8. The molecule has 0 spiro atoms. The van der Waals surface area contributed by atoms with Gasteiger partial charge in [-0.25, -0.2) is 0 Å². The summed E-state index contributed by atoms with van der Waals surface area (Å²) in [4.78, 5) is 37.9. The Morgan fingerprint density at radius 2 is 1.90 bits per heavy atom. The van der Waals surface area contributed by atoms with Crippen LogP contribution in [-0.4, -0.2) is 144 Å². The van der Waals surface area contributed by atoms with E-state index in [1.807, 2.05) is 32.7 Å². The second-order valence-electron chi connectivity index (χ2n) is 14.5. The van der Waals surface area contributed by atoms with Gasteiger partial charge in [0.1, 0.15) is 47.5 Å². The van der Waals surface area contributed by atoms with Crippen molar-refractivity contribution in [3.63, 3.8) is 0 Å². The largest absolute Gasteiger partial charge is 0.507 e. The van der Waals surface area contributed by atoms with Crippen LogP contribution < -0.4 is 4.74 Å². The number of aliphatic hydroxyl groups excluding tert-OH is 1. The van der Waals surface area contributed by atoms with Gasteiger partial charge < -0.3 is 53.8 Å². The van der Waals surface area contributed by atoms with E-state index in [2.05, 4.69) is 10.1 Å². The molecule has 0 unspecified atom stereocenters. The summed E-state index contributed by atoms with van der Waals surface area (Å²) >= 11 is 0. The standard InChI is InChI=1S/C37H47N3O12/c1-18(2)39(4)9-12-49-38-25(16-41)37(46)14-21-29(24(15-37)51-27-13-22-36(19(3)50-27)52-26-17-48-11-10-40(22)26)35(45)31-30(33(21)43)32(42)20-7-6-8-23(47-5)28(20)34(31)44/h6-8,18-19,22,24,26-27,36,41,43,45-46H,9-17H2,1-5H3/b38-25+/t19-,22-,24-,26+,27-,36+,37-/m0/s1. The van der Waals surface area contributed by atoms with Gasteiger partial charge in [-0.05, 0) is 33.9 Å². The van der Waals surface area contributed by atoms with Crippen molar-refractivity contribution in [3.8, 4) is 17.2 Å². The molecule has 5 aliphatic rings. The van der Waals surface area contributed by atoms with Gasteiger partial charge in [0.25, 0.3) is 0 Å². The number of phenolic OH excluding ortho intramolecular Hbond substituents is 2. The Kier molecular flexibility index (Phi) is 10.1. The second kappa shape index (κ2) is 14.3. The first-order valence-corrected chi connectivity index (χ1v) is 17.8. The van der Waals surface area contributed by atoms with Gasteiger partial charge in [-0.3, -0.25) is 14.5 Å². The molecular weight excluding hydrogens is 678 g/mol. The molecule has 2 aromatic rings. The zero-order chi connectivity index (χ0) is 37.1. The van der Waals surface area contributed by atoms with Gasteiger partial charge in [0, 0.05) is 61.1 Å². The molecule has 0 aromatic heterocycles. The molecule has 2 aromatic carbocycles. The molecule has 0 radical (unpaired) electrons. The molecule has 3 fully saturated rings. The number of carbonyl (C=O) groups is 2. The number of rotatable bonds is 10. The summed E-state index contributed by atoms with van der Waals surface area (Å²) in [6.07, 6.45) is -3.17. The normalized spacial score (nSPS) is 30.1. The second-order valence-corrected chi connectivity index (χ2v) is 14.5. The lowest BCUT2D eigenvalue weighted by molar-refractivity contribution is -0.245. The van der Waals surface area contributed by atoms with Crippen molar-refractivity contribution in [1.29, 1.82) is 0 Å². The van der Waals surface area contributed by atoms with Gasteiger partial charge in [-0.2, -0.15) is 0 Å². The number of likely N-dealkylation sites (N-methyl/N-ethyl adjacent to an activating group) is 1. The third-order valence-electron chi connectivity index (χ3n) is 11.2. The molecule has 15 heteroatoms. The van der Waals surface area contributed by atoms with E-state index in [-0.39, 0.29) is 83.1 Å². The Labute approximate surface area is 301 Å². The molecule has 0 saturated carbocycles. The molecule has 15 nitrogen and oxygen atoms in total. The van der Waals surface area contributed by atoms with Gasteiger partial charge in [0.05, 0.1) is 55.8 Å². The van der Waals surface area contributed by atoms with Crippen molar-refractivity contribution in [2.75, 3.05) is 53.7 Å². The zero-order valence-electron chi connectivity index (χ0n) is 30.0. The minimum Gasteiger partial charge on any atom is -0.507 e. The van der Waals surface area contributed by atoms with Gasteiger partial charge in [0.15, 0.2) is 12.1 Å². The quantitative estimate of drug-likeness (QED) is 0.103. The van der Waals surface area contributed by atoms with Crippen LogP contribution in [0.25, 0.3) is 0 Å². The Bertz CT molecular complexity index is 1760. The highest BCUT2D eigenvalue weighted by molar-refractivity contribution is 6.31. The van der Waals surface area contributed by atoms with Gasteiger partial charge in [0.2, 0.25) is 5.78 Å². The van der Waals surface area contributed by atoms with E-state index < -0.39 is 59.3 Å². The summed E-state index contributed by atoms with van der Waals surface area (Å²) in [5.74, 6) is -2.41. The van der Waals surface area contributed by atoms with Crippen LogP contribution in [0.1, 0.15) is 82.7 Å². The molecule has 4 N–H and O–H groups in total. The number of nitrogens with zero attached hydrogens (tertiary/aromatic N) is 3. The van der Waals surface area contributed by atoms with E-state index in [0.717, 1.165) is 0 Å². The Balaban J connectivity index is 1.28. The number of ketones is 2. The van der Waals surface area contributed by atoms with Crippen molar-refractivity contribution >= 4 is 17.3 Å². The average molecular weight is 726 g/mol. The smallest absolute Gasteiger partial charge is 0.202 e. The van der Waals surface area contributed by atoms with E-state index in [0.29, 0.717) is 32.7 Å². The number of benzene rings is 2. The number of fused-ring (bicyclic) bond motifs is 6. The maximum Gasteiger partial charge on any atom is 0.202 e. The Morgan fingerprint density at radius 1 is 1.13 bits per heavy atom. The SMILES string of the molecule is COc1cccc2c1C(=O)c1c(O)c3c(c(O)c1C2=O)C[C@@](O)(/C(CO)=N/OCCN(C)C(C)C)C[C@@H]3O[C@H]1C[C@H]2[C@H](O[C@@H]3COCCN32)[C@H](C)O1. The third kappa shape index (κ3) is 6.16.